The van der Waals surface area contributed by atoms with E-state index in [0.29, 0.717) is 11.4 Å². The Bertz CT molecular complexity index is 636. The van der Waals surface area contributed by atoms with Crippen molar-refractivity contribution in [3.63, 3.8) is 0 Å². The lowest BCUT2D eigenvalue weighted by atomic mass is 10.2. The van der Waals surface area contributed by atoms with Gasteiger partial charge >= 0.3 is 0 Å². The molecule has 0 aliphatic rings. The molecular weight excluding hydrogens is 276 g/mol. The molecule has 2 aromatic rings. The Morgan fingerprint density at radius 2 is 2.00 bits per heavy atom. The maximum atomic E-state index is 11.7. The van der Waals surface area contributed by atoms with Gasteiger partial charge in [-0.15, -0.1) is 0 Å². The maximum absolute atomic E-state index is 11.7. The zero-order chi connectivity index (χ0) is 14.6. The standard InChI is InChI=1S/C13H18N4O2S/c1-3-20(18,19)13-6-4-12(5-7-13)16-11(2)8-17-10-14-9-15-17/h4-7,9-11,16H,3,8H2,1-2H3/t11-/m0/s1. The van der Waals surface area contributed by atoms with Crippen LogP contribution in [0.15, 0.2) is 41.8 Å². The van der Waals surface area contributed by atoms with Crippen molar-refractivity contribution in [2.24, 2.45) is 0 Å². The smallest absolute Gasteiger partial charge is 0.178 e. The predicted octanol–water partition coefficient (Wildman–Crippen LogP) is 1.57. The zero-order valence-electron chi connectivity index (χ0n) is 11.5. The Balaban J connectivity index is 2.00. The van der Waals surface area contributed by atoms with Crippen LogP contribution in [0.5, 0.6) is 0 Å². The van der Waals surface area contributed by atoms with E-state index in [2.05, 4.69) is 15.4 Å². The van der Waals surface area contributed by atoms with Crippen molar-refractivity contribution in [3.05, 3.63) is 36.9 Å². The lowest BCUT2D eigenvalue weighted by Gasteiger charge is -2.15. The minimum absolute atomic E-state index is 0.114. The van der Waals surface area contributed by atoms with Crippen molar-refractivity contribution >= 4 is 15.5 Å². The monoisotopic (exact) mass is 294 g/mol. The van der Waals surface area contributed by atoms with Crippen LogP contribution >= 0.6 is 0 Å². The number of hydrogen-bond acceptors (Lipinski definition) is 5. The fourth-order valence-electron chi connectivity index (χ4n) is 1.86. The summed E-state index contributed by atoms with van der Waals surface area (Å²) in [7, 11) is -3.13. The third-order valence-corrected chi connectivity index (χ3v) is 4.68. The van der Waals surface area contributed by atoms with Crippen LogP contribution in [0.4, 0.5) is 5.69 Å². The van der Waals surface area contributed by atoms with Crippen LogP contribution in [0.1, 0.15) is 13.8 Å². The summed E-state index contributed by atoms with van der Waals surface area (Å²) in [6, 6.07) is 6.97. The SMILES string of the molecule is CCS(=O)(=O)c1ccc(N[C@@H](C)Cn2cncn2)cc1. The first-order valence-corrected chi connectivity index (χ1v) is 8.08. The number of hydrogen-bond donors (Lipinski definition) is 1. The van der Waals surface area contributed by atoms with Crippen LogP contribution in [0.25, 0.3) is 0 Å². The lowest BCUT2D eigenvalue weighted by molar-refractivity contribution is 0.559. The molecule has 6 nitrogen and oxygen atoms in total. The molecule has 0 saturated carbocycles. The Hall–Kier alpha value is -1.89. The normalized spacial score (nSPS) is 13.1. The van der Waals surface area contributed by atoms with Crippen LogP contribution in [0, 0.1) is 0 Å². The van der Waals surface area contributed by atoms with Crippen LogP contribution in [0.2, 0.25) is 0 Å². The highest BCUT2D eigenvalue weighted by molar-refractivity contribution is 7.91. The van der Waals surface area contributed by atoms with Gasteiger partial charge in [0.05, 0.1) is 17.2 Å². The van der Waals surface area contributed by atoms with E-state index in [4.69, 9.17) is 0 Å². The number of benzene rings is 1. The maximum Gasteiger partial charge on any atom is 0.178 e. The van der Waals surface area contributed by atoms with Gasteiger partial charge < -0.3 is 5.32 Å². The van der Waals surface area contributed by atoms with E-state index in [0.717, 1.165) is 5.69 Å². The molecule has 0 spiro atoms. The summed E-state index contributed by atoms with van der Waals surface area (Å²) in [5.74, 6) is 0.114. The molecule has 0 amide bonds. The number of nitrogens with one attached hydrogen (secondary N) is 1. The first-order valence-electron chi connectivity index (χ1n) is 6.43. The Morgan fingerprint density at radius 3 is 2.55 bits per heavy atom. The second-order valence-corrected chi connectivity index (χ2v) is 6.87. The summed E-state index contributed by atoms with van der Waals surface area (Å²) in [6.45, 7) is 4.36. The van der Waals surface area contributed by atoms with Crippen molar-refractivity contribution in [2.45, 2.75) is 31.3 Å². The molecule has 1 aromatic heterocycles. The minimum Gasteiger partial charge on any atom is -0.381 e. The van der Waals surface area contributed by atoms with Crippen LogP contribution in [-0.2, 0) is 16.4 Å². The summed E-state index contributed by atoms with van der Waals surface area (Å²) < 4.78 is 25.2. The molecule has 2 rings (SSSR count). The quantitative estimate of drug-likeness (QED) is 0.875. The molecule has 0 aliphatic carbocycles. The highest BCUT2D eigenvalue weighted by atomic mass is 32.2. The average Bonchev–Trinajstić information content (AvgIpc) is 2.92. The van der Waals surface area contributed by atoms with Crippen LogP contribution < -0.4 is 5.32 Å². The van der Waals surface area contributed by atoms with E-state index >= 15 is 0 Å². The molecule has 7 heteroatoms. The van der Waals surface area contributed by atoms with Gasteiger partial charge in [0.15, 0.2) is 9.84 Å². The molecule has 1 aromatic carbocycles. The largest absolute Gasteiger partial charge is 0.381 e. The van der Waals surface area contributed by atoms with E-state index in [1.54, 1.807) is 42.2 Å². The zero-order valence-corrected chi connectivity index (χ0v) is 12.3. The molecule has 1 N–H and O–H groups in total. The summed E-state index contributed by atoms with van der Waals surface area (Å²) in [5, 5.41) is 7.33. The Morgan fingerprint density at radius 1 is 1.30 bits per heavy atom. The predicted molar refractivity (Wildman–Crippen MR) is 77.3 cm³/mol. The molecule has 0 bridgehead atoms. The first-order chi connectivity index (χ1) is 9.51. The van der Waals surface area contributed by atoms with Gasteiger partial charge in [-0.2, -0.15) is 5.10 Å². The third-order valence-electron chi connectivity index (χ3n) is 2.93. The minimum atomic E-state index is -3.13. The van der Waals surface area contributed by atoms with Gasteiger partial charge in [0.25, 0.3) is 0 Å². The summed E-state index contributed by atoms with van der Waals surface area (Å²) in [6.07, 6.45) is 3.16. The van der Waals surface area contributed by atoms with E-state index in [1.807, 2.05) is 6.92 Å². The number of sulfone groups is 1. The molecule has 20 heavy (non-hydrogen) atoms. The van der Waals surface area contributed by atoms with Gasteiger partial charge in [-0.05, 0) is 31.2 Å². The molecule has 0 aliphatic heterocycles. The fourth-order valence-corrected chi connectivity index (χ4v) is 2.75. The van der Waals surface area contributed by atoms with Crippen LogP contribution in [-0.4, -0.2) is 35.0 Å². The van der Waals surface area contributed by atoms with E-state index in [-0.39, 0.29) is 11.8 Å². The number of aromatic nitrogens is 3. The van der Waals surface area contributed by atoms with Gasteiger partial charge in [-0.25, -0.2) is 13.4 Å². The molecule has 1 atom stereocenters. The Kier molecular flexibility index (Phi) is 4.39. The number of anilines is 1. The van der Waals surface area contributed by atoms with Crippen molar-refractivity contribution < 1.29 is 8.42 Å². The van der Waals surface area contributed by atoms with Crippen molar-refractivity contribution in [2.75, 3.05) is 11.1 Å². The first kappa shape index (κ1) is 14.5. The summed E-state index contributed by atoms with van der Waals surface area (Å²) in [5.41, 5.74) is 0.882. The molecular formula is C13H18N4O2S. The average molecular weight is 294 g/mol. The third kappa shape index (κ3) is 3.57. The van der Waals surface area contributed by atoms with Crippen molar-refractivity contribution in [1.82, 2.24) is 14.8 Å². The van der Waals surface area contributed by atoms with E-state index in [9.17, 15) is 8.42 Å². The summed E-state index contributed by atoms with van der Waals surface area (Å²) in [4.78, 5) is 4.24. The highest BCUT2D eigenvalue weighted by Gasteiger charge is 2.11. The van der Waals surface area contributed by atoms with Gasteiger partial charge in [0.2, 0.25) is 0 Å². The lowest BCUT2D eigenvalue weighted by Crippen LogP contribution is -2.22. The Labute approximate surface area is 118 Å². The number of nitrogens with zero attached hydrogens (tertiary/aromatic N) is 3. The molecule has 0 fully saturated rings. The van der Waals surface area contributed by atoms with Crippen LogP contribution in [0.3, 0.4) is 0 Å². The van der Waals surface area contributed by atoms with E-state index < -0.39 is 9.84 Å². The summed E-state index contributed by atoms with van der Waals surface area (Å²) >= 11 is 0. The number of rotatable bonds is 6. The molecule has 0 radical (unpaired) electrons. The van der Waals surface area contributed by atoms with Gasteiger partial charge in [0.1, 0.15) is 12.7 Å². The molecule has 1 heterocycles. The van der Waals surface area contributed by atoms with Gasteiger partial charge in [-0.1, -0.05) is 6.92 Å². The van der Waals surface area contributed by atoms with E-state index in [1.165, 1.54) is 6.33 Å². The van der Waals surface area contributed by atoms with Crippen molar-refractivity contribution in [1.29, 1.82) is 0 Å². The molecule has 108 valence electrons. The second kappa shape index (κ2) is 6.04. The second-order valence-electron chi connectivity index (χ2n) is 4.59. The van der Waals surface area contributed by atoms with Crippen molar-refractivity contribution in [3.8, 4) is 0 Å². The highest BCUT2D eigenvalue weighted by Crippen LogP contribution is 2.16. The molecule has 0 saturated heterocycles. The fraction of sp³-hybridized carbons (Fsp3) is 0.385. The topological polar surface area (TPSA) is 76.9 Å². The molecule has 0 unspecified atom stereocenters. The van der Waals surface area contributed by atoms with Gasteiger partial charge in [-0.3, -0.25) is 4.68 Å². The van der Waals surface area contributed by atoms with Gasteiger partial charge in [0, 0.05) is 11.7 Å².